The van der Waals surface area contributed by atoms with Crippen molar-refractivity contribution in [2.75, 3.05) is 17.7 Å². The number of benzene rings is 1. The molecule has 0 heterocycles. The average Bonchev–Trinajstić information content (AvgIpc) is 2.23. The van der Waals surface area contributed by atoms with Crippen LogP contribution in [0.2, 0.25) is 0 Å². The normalized spacial score (nSPS) is 9.88. The van der Waals surface area contributed by atoms with Crippen molar-refractivity contribution in [2.24, 2.45) is 0 Å². The zero-order chi connectivity index (χ0) is 12.0. The lowest BCUT2D eigenvalue weighted by atomic mass is 10.2. The highest BCUT2D eigenvalue weighted by Gasteiger charge is 2.05. The van der Waals surface area contributed by atoms with Gasteiger partial charge in [-0.3, -0.25) is 4.79 Å². The largest absolute Gasteiger partial charge is 0.494 e. The molecule has 16 heavy (non-hydrogen) atoms. The predicted molar refractivity (Wildman–Crippen MR) is 65.6 cm³/mol. The van der Waals surface area contributed by atoms with Crippen LogP contribution in [0.3, 0.4) is 0 Å². The Kier molecular flexibility index (Phi) is 4.64. The van der Waals surface area contributed by atoms with Gasteiger partial charge in [-0.25, -0.2) is 0 Å². The zero-order valence-electron chi connectivity index (χ0n) is 9.75. The first-order valence-electron chi connectivity index (χ1n) is 5.49. The monoisotopic (exact) mass is 222 g/mol. The molecular formula is C12H18N2O2. The highest BCUT2D eigenvalue weighted by Crippen LogP contribution is 2.24. The Morgan fingerprint density at radius 1 is 1.44 bits per heavy atom. The minimum atomic E-state index is -0.0154. The summed E-state index contributed by atoms with van der Waals surface area (Å²) in [6.07, 6.45) is 1.33. The first-order chi connectivity index (χ1) is 7.67. The summed E-state index contributed by atoms with van der Waals surface area (Å²) in [5.41, 5.74) is 6.97. The lowest BCUT2D eigenvalue weighted by molar-refractivity contribution is -0.116. The number of nitrogen functional groups attached to an aromatic ring is 1. The van der Waals surface area contributed by atoms with Crippen molar-refractivity contribution in [1.29, 1.82) is 0 Å². The van der Waals surface area contributed by atoms with Gasteiger partial charge in [-0.2, -0.15) is 0 Å². The van der Waals surface area contributed by atoms with Gasteiger partial charge in [0, 0.05) is 12.5 Å². The third-order valence-electron chi connectivity index (χ3n) is 2.09. The second kappa shape index (κ2) is 6.00. The number of anilines is 2. The quantitative estimate of drug-likeness (QED) is 0.752. The van der Waals surface area contributed by atoms with Gasteiger partial charge in [-0.1, -0.05) is 6.92 Å². The molecule has 0 aliphatic rings. The number of nitrogens with two attached hydrogens (primary N) is 1. The number of hydrogen-bond donors (Lipinski definition) is 2. The SMILES string of the molecule is CCCC(=O)Nc1ccc(OCC)cc1N. The van der Waals surface area contributed by atoms with E-state index in [1.54, 1.807) is 18.2 Å². The Morgan fingerprint density at radius 2 is 2.19 bits per heavy atom. The van der Waals surface area contributed by atoms with Gasteiger partial charge in [0.1, 0.15) is 5.75 Å². The number of rotatable bonds is 5. The molecule has 0 radical (unpaired) electrons. The molecule has 0 bridgehead atoms. The summed E-state index contributed by atoms with van der Waals surface area (Å²) in [7, 11) is 0. The summed E-state index contributed by atoms with van der Waals surface area (Å²) in [4.78, 5) is 11.4. The van der Waals surface area contributed by atoms with Crippen LogP contribution in [-0.4, -0.2) is 12.5 Å². The van der Waals surface area contributed by atoms with Crippen LogP contribution in [0.4, 0.5) is 11.4 Å². The smallest absolute Gasteiger partial charge is 0.224 e. The van der Waals surface area contributed by atoms with Gasteiger partial charge in [-0.05, 0) is 25.5 Å². The van der Waals surface area contributed by atoms with E-state index in [0.717, 1.165) is 6.42 Å². The summed E-state index contributed by atoms with van der Waals surface area (Å²) in [5, 5.41) is 2.76. The highest BCUT2D eigenvalue weighted by atomic mass is 16.5. The van der Waals surface area contributed by atoms with Crippen LogP contribution in [-0.2, 0) is 4.79 Å². The number of hydrogen-bond acceptors (Lipinski definition) is 3. The molecular weight excluding hydrogens is 204 g/mol. The molecule has 0 aliphatic carbocycles. The van der Waals surface area contributed by atoms with E-state index in [0.29, 0.717) is 30.2 Å². The van der Waals surface area contributed by atoms with Crippen molar-refractivity contribution in [3.8, 4) is 5.75 Å². The van der Waals surface area contributed by atoms with Gasteiger partial charge >= 0.3 is 0 Å². The van der Waals surface area contributed by atoms with E-state index in [1.165, 1.54) is 0 Å². The van der Waals surface area contributed by atoms with Crippen LogP contribution in [0, 0.1) is 0 Å². The molecule has 0 aromatic heterocycles. The van der Waals surface area contributed by atoms with Crippen LogP contribution in [0.25, 0.3) is 0 Å². The third kappa shape index (κ3) is 3.46. The van der Waals surface area contributed by atoms with E-state index >= 15 is 0 Å². The standard InChI is InChI=1S/C12H18N2O2/c1-3-5-12(15)14-11-7-6-9(16-4-2)8-10(11)13/h6-8H,3-5,13H2,1-2H3,(H,14,15). The van der Waals surface area contributed by atoms with Gasteiger partial charge < -0.3 is 15.8 Å². The predicted octanol–water partition coefficient (Wildman–Crippen LogP) is 2.41. The molecule has 4 heteroatoms. The second-order valence-corrected chi connectivity index (χ2v) is 3.48. The fourth-order valence-electron chi connectivity index (χ4n) is 1.35. The van der Waals surface area contributed by atoms with Crippen molar-refractivity contribution in [3.63, 3.8) is 0 Å². The molecule has 1 aromatic carbocycles. The molecule has 0 saturated carbocycles. The van der Waals surface area contributed by atoms with E-state index in [1.807, 2.05) is 13.8 Å². The Hall–Kier alpha value is -1.71. The van der Waals surface area contributed by atoms with E-state index in [-0.39, 0.29) is 5.91 Å². The molecule has 0 saturated heterocycles. The number of ether oxygens (including phenoxy) is 1. The Morgan fingerprint density at radius 3 is 2.75 bits per heavy atom. The molecule has 4 nitrogen and oxygen atoms in total. The van der Waals surface area contributed by atoms with Crippen LogP contribution in [0.1, 0.15) is 26.7 Å². The fourth-order valence-corrected chi connectivity index (χ4v) is 1.35. The number of amides is 1. The van der Waals surface area contributed by atoms with Crippen LogP contribution in [0.15, 0.2) is 18.2 Å². The maximum atomic E-state index is 11.4. The van der Waals surface area contributed by atoms with Gasteiger partial charge in [0.25, 0.3) is 0 Å². The lowest BCUT2D eigenvalue weighted by Crippen LogP contribution is -2.12. The van der Waals surface area contributed by atoms with Gasteiger partial charge in [0.05, 0.1) is 18.0 Å². The third-order valence-corrected chi connectivity index (χ3v) is 2.09. The lowest BCUT2D eigenvalue weighted by Gasteiger charge is -2.09. The van der Waals surface area contributed by atoms with Gasteiger partial charge in [0.15, 0.2) is 0 Å². The van der Waals surface area contributed by atoms with Crippen molar-refractivity contribution in [3.05, 3.63) is 18.2 Å². The first-order valence-corrected chi connectivity index (χ1v) is 5.49. The molecule has 0 unspecified atom stereocenters. The average molecular weight is 222 g/mol. The fraction of sp³-hybridized carbons (Fsp3) is 0.417. The Bertz CT molecular complexity index is 364. The van der Waals surface area contributed by atoms with Crippen molar-refractivity contribution in [1.82, 2.24) is 0 Å². The number of carbonyl (C=O) groups excluding carboxylic acids is 1. The molecule has 1 aromatic rings. The van der Waals surface area contributed by atoms with Crippen molar-refractivity contribution in [2.45, 2.75) is 26.7 Å². The second-order valence-electron chi connectivity index (χ2n) is 3.48. The summed E-state index contributed by atoms with van der Waals surface area (Å²) < 4.78 is 5.30. The summed E-state index contributed by atoms with van der Waals surface area (Å²) in [6.45, 7) is 4.47. The first kappa shape index (κ1) is 12.4. The summed E-state index contributed by atoms with van der Waals surface area (Å²) in [6, 6.07) is 5.26. The summed E-state index contributed by atoms with van der Waals surface area (Å²) >= 11 is 0. The topological polar surface area (TPSA) is 64.3 Å². The molecule has 1 rings (SSSR count). The number of carbonyl (C=O) groups is 1. The molecule has 88 valence electrons. The molecule has 0 atom stereocenters. The minimum Gasteiger partial charge on any atom is -0.494 e. The van der Waals surface area contributed by atoms with E-state index < -0.39 is 0 Å². The molecule has 0 spiro atoms. The maximum Gasteiger partial charge on any atom is 0.224 e. The van der Waals surface area contributed by atoms with E-state index in [2.05, 4.69) is 5.32 Å². The van der Waals surface area contributed by atoms with Crippen molar-refractivity contribution >= 4 is 17.3 Å². The van der Waals surface area contributed by atoms with Crippen LogP contribution < -0.4 is 15.8 Å². The van der Waals surface area contributed by atoms with Gasteiger partial charge in [-0.15, -0.1) is 0 Å². The molecule has 0 aliphatic heterocycles. The van der Waals surface area contributed by atoms with Crippen LogP contribution in [0.5, 0.6) is 5.75 Å². The zero-order valence-corrected chi connectivity index (χ0v) is 9.75. The molecule has 0 fully saturated rings. The Balaban J connectivity index is 2.71. The molecule has 1 amide bonds. The van der Waals surface area contributed by atoms with Crippen LogP contribution >= 0.6 is 0 Å². The van der Waals surface area contributed by atoms with E-state index in [4.69, 9.17) is 10.5 Å². The summed E-state index contributed by atoms with van der Waals surface area (Å²) in [5.74, 6) is 0.701. The maximum absolute atomic E-state index is 11.4. The highest BCUT2D eigenvalue weighted by molar-refractivity contribution is 5.93. The van der Waals surface area contributed by atoms with Gasteiger partial charge in [0.2, 0.25) is 5.91 Å². The van der Waals surface area contributed by atoms with E-state index in [9.17, 15) is 4.79 Å². The van der Waals surface area contributed by atoms with Crippen molar-refractivity contribution < 1.29 is 9.53 Å². The molecule has 3 N–H and O–H groups in total. The Labute approximate surface area is 95.8 Å². The number of nitrogens with one attached hydrogen (secondary N) is 1. The minimum absolute atomic E-state index is 0.0154.